The topological polar surface area (TPSA) is 111 Å². The lowest BCUT2D eigenvalue weighted by atomic mass is 9.88. The summed E-state index contributed by atoms with van der Waals surface area (Å²) in [4.78, 5) is 49.6. The third-order valence-corrected chi connectivity index (χ3v) is 5.60. The molecule has 0 rings (SSSR count). The van der Waals surface area contributed by atoms with E-state index in [2.05, 4.69) is 24.5 Å². The van der Waals surface area contributed by atoms with Crippen molar-refractivity contribution in [3.63, 3.8) is 0 Å². The summed E-state index contributed by atoms with van der Waals surface area (Å²) in [6, 6.07) is -1.11. The van der Waals surface area contributed by atoms with Gasteiger partial charge >= 0.3 is 11.9 Å². The standard InChI is InChI=1S/C29H54N2O6/c1-20(2)18-22(30-25(33)15-12-11-14-24(32)28(5,6)7)26(34)36-16-13-17-37-27(35)23(19-21(3)4)31-29(8,9)10/h20-23,31H,11-19H2,1-10H3,(H,30,33). The number of rotatable bonds is 17. The van der Waals surface area contributed by atoms with E-state index in [9.17, 15) is 19.2 Å². The smallest absolute Gasteiger partial charge is 0.328 e. The van der Waals surface area contributed by atoms with E-state index in [0.29, 0.717) is 44.4 Å². The van der Waals surface area contributed by atoms with Gasteiger partial charge in [0.1, 0.15) is 17.9 Å². The molecule has 2 N–H and O–H groups in total. The number of hydrogen-bond donors (Lipinski definition) is 2. The number of nitrogens with one attached hydrogen (secondary N) is 2. The fourth-order valence-corrected chi connectivity index (χ4v) is 3.71. The number of carbonyl (C=O) groups excluding carboxylic acids is 4. The number of amides is 1. The van der Waals surface area contributed by atoms with Crippen molar-refractivity contribution in [2.75, 3.05) is 13.2 Å². The molecule has 0 aliphatic heterocycles. The highest BCUT2D eigenvalue weighted by atomic mass is 16.5. The van der Waals surface area contributed by atoms with Gasteiger partial charge in [0.25, 0.3) is 0 Å². The molecule has 8 heteroatoms. The molecule has 0 radical (unpaired) electrons. The van der Waals surface area contributed by atoms with E-state index in [1.165, 1.54) is 0 Å². The summed E-state index contributed by atoms with van der Waals surface area (Å²) in [5, 5.41) is 6.10. The highest BCUT2D eigenvalue weighted by molar-refractivity contribution is 5.85. The molecule has 8 nitrogen and oxygen atoms in total. The minimum absolute atomic E-state index is 0.104. The SMILES string of the molecule is CC(C)CC(NC(=O)CCCCC(=O)C(C)(C)C)C(=O)OCCCOC(=O)C(CC(C)C)NC(C)(C)C. The molecular weight excluding hydrogens is 472 g/mol. The molecule has 0 aliphatic carbocycles. The van der Waals surface area contributed by atoms with Crippen LogP contribution in [0.4, 0.5) is 0 Å². The maximum absolute atomic E-state index is 12.6. The lowest BCUT2D eigenvalue weighted by molar-refractivity contribution is -0.150. The second kappa shape index (κ2) is 16.8. The van der Waals surface area contributed by atoms with Crippen LogP contribution in [0.15, 0.2) is 0 Å². The number of Topliss-reactive ketones (excluding diaryl/α,β-unsaturated/α-hetero) is 1. The summed E-state index contributed by atoms with van der Waals surface area (Å²) in [7, 11) is 0. The van der Waals surface area contributed by atoms with Gasteiger partial charge in [-0.1, -0.05) is 48.5 Å². The maximum atomic E-state index is 12.6. The first kappa shape index (κ1) is 35.0. The molecular formula is C29H54N2O6. The number of hydrogen-bond acceptors (Lipinski definition) is 7. The monoisotopic (exact) mass is 526 g/mol. The van der Waals surface area contributed by atoms with Crippen molar-refractivity contribution in [2.45, 2.75) is 132 Å². The average molecular weight is 527 g/mol. The van der Waals surface area contributed by atoms with Crippen LogP contribution in [0.5, 0.6) is 0 Å². The van der Waals surface area contributed by atoms with Crippen LogP contribution in [0.1, 0.15) is 114 Å². The van der Waals surface area contributed by atoms with E-state index in [4.69, 9.17) is 9.47 Å². The Morgan fingerprint density at radius 2 is 1.14 bits per heavy atom. The first-order chi connectivity index (χ1) is 16.9. The molecule has 0 saturated carbocycles. The van der Waals surface area contributed by atoms with Crippen molar-refractivity contribution in [1.82, 2.24) is 10.6 Å². The third kappa shape index (κ3) is 18.0. The van der Waals surface area contributed by atoms with Crippen molar-refractivity contribution in [3.05, 3.63) is 0 Å². The Balaban J connectivity index is 4.54. The van der Waals surface area contributed by atoms with Crippen LogP contribution in [0, 0.1) is 17.3 Å². The van der Waals surface area contributed by atoms with Crippen LogP contribution < -0.4 is 10.6 Å². The second-order valence-corrected chi connectivity index (χ2v) is 12.9. The van der Waals surface area contributed by atoms with Crippen LogP contribution in [0.25, 0.3) is 0 Å². The number of ketones is 1. The van der Waals surface area contributed by atoms with Gasteiger partial charge in [0.15, 0.2) is 0 Å². The Morgan fingerprint density at radius 1 is 0.676 bits per heavy atom. The Kier molecular flexibility index (Phi) is 15.9. The fraction of sp³-hybridized carbons (Fsp3) is 0.862. The van der Waals surface area contributed by atoms with E-state index in [0.717, 1.165) is 0 Å². The van der Waals surface area contributed by atoms with Crippen LogP contribution in [-0.4, -0.2) is 54.5 Å². The van der Waals surface area contributed by atoms with Gasteiger partial charge < -0.3 is 14.8 Å². The molecule has 0 aromatic carbocycles. The molecule has 0 aliphatic rings. The van der Waals surface area contributed by atoms with E-state index in [1.54, 1.807) is 0 Å². The van der Waals surface area contributed by atoms with Crippen molar-refractivity contribution in [3.8, 4) is 0 Å². The predicted molar refractivity (Wildman–Crippen MR) is 147 cm³/mol. The Labute approximate surface area is 225 Å². The van der Waals surface area contributed by atoms with E-state index >= 15 is 0 Å². The number of unbranched alkanes of at least 4 members (excludes halogenated alkanes) is 1. The predicted octanol–water partition coefficient (Wildman–Crippen LogP) is 4.97. The van der Waals surface area contributed by atoms with E-state index in [-0.39, 0.29) is 60.2 Å². The molecule has 2 unspecified atom stereocenters. The molecule has 0 fully saturated rings. The fourth-order valence-electron chi connectivity index (χ4n) is 3.71. The number of ether oxygens (including phenoxy) is 2. The van der Waals surface area contributed by atoms with Crippen molar-refractivity contribution < 1.29 is 28.7 Å². The number of carbonyl (C=O) groups is 4. The molecule has 0 saturated heterocycles. The first-order valence-electron chi connectivity index (χ1n) is 13.9. The second-order valence-electron chi connectivity index (χ2n) is 12.9. The van der Waals surface area contributed by atoms with Crippen LogP contribution in [0.2, 0.25) is 0 Å². The summed E-state index contributed by atoms with van der Waals surface area (Å²) in [5.74, 6) is -0.292. The summed E-state index contributed by atoms with van der Waals surface area (Å²) in [6.07, 6.45) is 3.46. The molecule has 0 heterocycles. The molecule has 2 atom stereocenters. The molecule has 0 spiro atoms. The van der Waals surface area contributed by atoms with Crippen LogP contribution >= 0.6 is 0 Å². The first-order valence-corrected chi connectivity index (χ1v) is 13.9. The zero-order chi connectivity index (χ0) is 28.8. The lowest BCUT2D eigenvalue weighted by Crippen LogP contribution is -2.49. The third-order valence-electron chi connectivity index (χ3n) is 5.60. The van der Waals surface area contributed by atoms with Crippen molar-refractivity contribution in [1.29, 1.82) is 0 Å². The molecule has 0 aromatic heterocycles. The van der Waals surface area contributed by atoms with Crippen molar-refractivity contribution in [2.24, 2.45) is 17.3 Å². The van der Waals surface area contributed by atoms with Gasteiger partial charge in [0, 0.05) is 30.2 Å². The van der Waals surface area contributed by atoms with Gasteiger partial charge in [0.2, 0.25) is 5.91 Å². The summed E-state index contributed by atoms with van der Waals surface area (Å²) in [5.41, 5.74) is -0.584. The quantitative estimate of drug-likeness (QED) is 0.203. The zero-order valence-electron chi connectivity index (χ0n) is 25.1. The van der Waals surface area contributed by atoms with E-state index in [1.807, 2.05) is 55.4 Å². The normalized spacial score (nSPS) is 13.8. The highest BCUT2D eigenvalue weighted by Crippen LogP contribution is 2.18. The number of esters is 2. The van der Waals surface area contributed by atoms with Gasteiger partial charge in [-0.05, 0) is 58.3 Å². The minimum atomic E-state index is -0.724. The minimum Gasteiger partial charge on any atom is -0.464 e. The van der Waals surface area contributed by atoms with Gasteiger partial charge in [0.05, 0.1) is 13.2 Å². The largest absolute Gasteiger partial charge is 0.464 e. The van der Waals surface area contributed by atoms with Gasteiger partial charge in [-0.3, -0.25) is 19.7 Å². The van der Waals surface area contributed by atoms with Crippen LogP contribution in [-0.2, 0) is 28.7 Å². The average Bonchev–Trinajstić information content (AvgIpc) is 2.72. The molecule has 0 bridgehead atoms. The molecule has 1 amide bonds. The Bertz CT molecular complexity index is 719. The maximum Gasteiger partial charge on any atom is 0.328 e. The van der Waals surface area contributed by atoms with Crippen LogP contribution in [0.3, 0.4) is 0 Å². The summed E-state index contributed by atoms with van der Waals surface area (Å²) >= 11 is 0. The molecule has 37 heavy (non-hydrogen) atoms. The lowest BCUT2D eigenvalue weighted by Gasteiger charge is -2.28. The Hall–Kier alpha value is -1.96. The summed E-state index contributed by atoms with van der Waals surface area (Å²) in [6.45, 7) is 20.0. The van der Waals surface area contributed by atoms with Gasteiger partial charge in [-0.2, -0.15) is 0 Å². The van der Waals surface area contributed by atoms with Gasteiger partial charge in [-0.15, -0.1) is 0 Å². The zero-order valence-corrected chi connectivity index (χ0v) is 25.1. The highest BCUT2D eigenvalue weighted by Gasteiger charge is 2.26. The molecule has 216 valence electrons. The van der Waals surface area contributed by atoms with E-state index < -0.39 is 12.0 Å². The summed E-state index contributed by atoms with van der Waals surface area (Å²) < 4.78 is 10.8. The van der Waals surface area contributed by atoms with Crippen molar-refractivity contribution >= 4 is 23.6 Å². The Morgan fingerprint density at radius 3 is 1.59 bits per heavy atom. The molecule has 0 aromatic rings. The van der Waals surface area contributed by atoms with Gasteiger partial charge in [-0.25, -0.2) is 4.79 Å².